The highest BCUT2D eigenvalue weighted by Crippen LogP contribution is 2.05. The molecule has 0 atom stereocenters. The first-order valence-corrected chi connectivity index (χ1v) is 4.96. The Labute approximate surface area is 89.9 Å². The third-order valence-electron chi connectivity index (χ3n) is 2.18. The number of rotatable bonds is 4. The highest BCUT2D eigenvalue weighted by molar-refractivity contribution is 5.78. The molecular weight excluding hydrogens is 188 g/mol. The fourth-order valence-electron chi connectivity index (χ4n) is 1.36. The zero-order chi connectivity index (χ0) is 11.1. The van der Waals surface area contributed by atoms with Crippen molar-refractivity contribution in [3.8, 4) is 6.07 Å². The number of amides is 1. The number of carbonyl (C=O) groups is 1. The van der Waals surface area contributed by atoms with Crippen LogP contribution in [0.15, 0.2) is 30.3 Å². The van der Waals surface area contributed by atoms with Crippen molar-refractivity contribution in [2.45, 2.75) is 19.9 Å². The number of benzene rings is 1. The summed E-state index contributed by atoms with van der Waals surface area (Å²) >= 11 is 0. The van der Waals surface area contributed by atoms with Gasteiger partial charge in [-0.1, -0.05) is 30.3 Å². The topological polar surface area (TPSA) is 44.1 Å². The van der Waals surface area contributed by atoms with Gasteiger partial charge < -0.3 is 4.90 Å². The van der Waals surface area contributed by atoms with Crippen molar-refractivity contribution in [2.24, 2.45) is 0 Å². The Hall–Kier alpha value is -1.82. The maximum absolute atomic E-state index is 11.5. The fourth-order valence-corrected chi connectivity index (χ4v) is 1.36. The van der Waals surface area contributed by atoms with E-state index < -0.39 is 0 Å². The fraction of sp³-hybridized carbons (Fsp3) is 0.333. The molecule has 0 aliphatic rings. The lowest BCUT2D eigenvalue weighted by molar-refractivity contribution is -0.130. The zero-order valence-corrected chi connectivity index (χ0v) is 8.81. The molecule has 0 bridgehead atoms. The summed E-state index contributed by atoms with van der Waals surface area (Å²) in [7, 11) is 0. The van der Waals surface area contributed by atoms with Crippen LogP contribution in [-0.2, 0) is 11.3 Å². The van der Waals surface area contributed by atoms with Crippen molar-refractivity contribution in [1.82, 2.24) is 4.90 Å². The minimum atomic E-state index is -0.108. The predicted molar refractivity (Wildman–Crippen MR) is 57.8 cm³/mol. The van der Waals surface area contributed by atoms with E-state index in [0.717, 1.165) is 5.56 Å². The molecule has 3 nitrogen and oxygen atoms in total. The summed E-state index contributed by atoms with van der Waals surface area (Å²) in [5.74, 6) is -0.108. The number of carbonyl (C=O) groups excluding carboxylic acids is 1. The highest BCUT2D eigenvalue weighted by Gasteiger charge is 2.10. The van der Waals surface area contributed by atoms with Crippen molar-refractivity contribution in [3.63, 3.8) is 0 Å². The Morgan fingerprint density at radius 2 is 2.07 bits per heavy atom. The van der Waals surface area contributed by atoms with Gasteiger partial charge in [-0.3, -0.25) is 4.79 Å². The summed E-state index contributed by atoms with van der Waals surface area (Å²) in [6.07, 6.45) is -0.0410. The molecule has 0 heterocycles. The lowest BCUT2D eigenvalue weighted by atomic mass is 10.2. The third kappa shape index (κ3) is 3.43. The van der Waals surface area contributed by atoms with Crippen LogP contribution in [0.25, 0.3) is 0 Å². The predicted octanol–water partition coefficient (Wildman–Crippen LogP) is 1.95. The minimum absolute atomic E-state index is 0.0410. The monoisotopic (exact) mass is 202 g/mol. The van der Waals surface area contributed by atoms with E-state index in [9.17, 15) is 4.79 Å². The minimum Gasteiger partial charge on any atom is -0.338 e. The van der Waals surface area contributed by atoms with Crippen molar-refractivity contribution < 1.29 is 4.79 Å². The van der Waals surface area contributed by atoms with Gasteiger partial charge in [0.25, 0.3) is 0 Å². The molecule has 0 saturated carbocycles. The van der Waals surface area contributed by atoms with Gasteiger partial charge in [-0.2, -0.15) is 5.26 Å². The molecule has 1 aromatic carbocycles. The molecule has 78 valence electrons. The van der Waals surface area contributed by atoms with Gasteiger partial charge in [-0.05, 0) is 12.5 Å². The van der Waals surface area contributed by atoms with E-state index in [1.807, 2.05) is 43.3 Å². The molecular formula is C12H14N2O. The quantitative estimate of drug-likeness (QED) is 0.749. The van der Waals surface area contributed by atoms with Crippen LogP contribution in [0, 0.1) is 11.3 Å². The largest absolute Gasteiger partial charge is 0.338 e. The van der Waals surface area contributed by atoms with Crippen LogP contribution in [0.2, 0.25) is 0 Å². The van der Waals surface area contributed by atoms with Crippen LogP contribution in [0.1, 0.15) is 18.9 Å². The van der Waals surface area contributed by atoms with Crippen LogP contribution in [0.5, 0.6) is 0 Å². The molecule has 0 aromatic heterocycles. The summed E-state index contributed by atoms with van der Waals surface area (Å²) in [6, 6.07) is 11.7. The molecule has 0 aliphatic carbocycles. The van der Waals surface area contributed by atoms with Gasteiger partial charge in [-0.15, -0.1) is 0 Å². The molecule has 15 heavy (non-hydrogen) atoms. The zero-order valence-electron chi connectivity index (χ0n) is 8.81. The van der Waals surface area contributed by atoms with Gasteiger partial charge in [0.1, 0.15) is 6.42 Å². The molecule has 0 saturated heterocycles. The summed E-state index contributed by atoms with van der Waals surface area (Å²) in [6.45, 7) is 3.13. The second-order valence-electron chi connectivity index (χ2n) is 3.23. The van der Waals surface area contributed by atoms with Crippen LogP contribution in [0.3, 0.4) is 0 Å². The van der Waals surface area contributed by atoms with Crippen LogP contribution in [0.4, 0.5) is 0 Å². The highest BCUT2D eigenvalue weighted by atomic mass is 16.2. The molecule has 1 amide bonds. The maximum atomic E-state index is 11.5. The van der Waals surface area contributed by atoms with Gasteiger partial charge in [0.2, 0.25) is 5.91 Å². The van der Waals surface area contributed by atoms with Gasteiger partial charge in [0.05, 0.1) is 6.07 Å². The molecule has 0 N–H and O–H groups in total. The average Bonchev–Trinajstić information content (AvgIpc) is 2.27. The van der Waals surface area contributed by atoms with Gasteiger partial charge in [0.15, 0.2) is 0 Å². The van der Waals surface area contributed by atoms with Crippen LogP contribution < -0.4 is 0 Å². The molecule has 0 aliphatic heterocycles. The molecule has 0 spiro atoms. The lowest BCUT2D eigenvalue weighted by Crippen LogP contribution is -2.29. The van der Waals surface area contributed by atoms with Crippen molar-refractivity contribution in [2.75, 3.05) is 6.54 Å². The Morgan fingerprint density at radius 3 is 2.60 bits per heavy atom. The van der Waals surface area contributed by atoms with E-state index in [4.69, 9.17) is 5.26 Å². The van der Waals surface area contributed by atoms with Crippen molar-refractivity contribution in [3.05, 3.63) is 35.9 Å². The lowest BCUT2D eigenvalue weighted by Gasteiger charge is -2.19. The Balaban J connectivity index is 2.62. The Morgan fingerprint density at radius 1 is 1.40 bits per heavy atom. The first-order valence-electron chi connectivity index (χ1n) is 4.96. The molecule has 0 fully saturated rings. The average molecular weight is 202 g/mol. The first-order chi connectivity index (χ1) is 7.27. The summed E-state index contributed by atoms with van der Waals surface area (Å²) in [4.78, 5) is 13.2. The number of hydrogen-bond acceptors (Lipinski definition) is 2. The van der Waals surface area contributed by atoms with Crippen molar-refractivity contribution >= 4 is 5.91 Å². The first kappa shape index (κ1) is 11.3. The third-order valence-corrected chi connectivity index (χ3v) is 2.18. The smallest absolute Gasteiger partial charge is 0.237 e. The van der Waals surface area contributed by atoms with Crippen LogP contribution in [-0.4, -0.2) is 17.4 Å². The van der Waals surface area contributed by atoms with Crippen LogP contribution >= 0.6 is 0 Å². The molecule has 1 rings (SSSR count). The van der Waals surface area contributed by atoms with E-state index >= 15 is 0 Å². The van der Waals surface area contributed by atoms with E-state index in [-0.39, 0.29) is 12.3 Å². The second-order valence-corrected chi connectivity index (χ2v) is 3.23. The Kier molecular flexibility index (Phi) is 4.36. The summed E-state index contributed by atoms with van der Waals surface area (Å²) < 4.78 is 0. The normalized spacial score (nSPS) is 9.33. The van der Waals surface area contributed by atoms with E-state index in [1.54, 1.807) is 4.90 Å². The number of hydrogen-bond donors (Lipinski definition) is 0. The second kappa shape index (κ2) is 5.82. The maximum Gasteiger partial charge on any atom is 0.237 e. The van der Waals surface area contributed by atoms with E-state index in [0.29, 0.717) is 13.1 Å². The van der Waals surface area contributed by atoms with E-state index in [2.05, 4.69) is 0 Å². The van der Waals surface area contributed by atoms with Gasteiger partial charge in [-0.25, -0.2) is 0 Å². The SMILES string of the molecule is CCN(Cc1ccccc1)C(=O)CC#N. The molecule has 3 heteroatoms. The summed E-state index contributed by atoms with van der Waals surface area (Å²) in [5.41, 5.74) is 1.09. The molecule has 1 aromatic rings. The molecule has 0 radical (unpaired) electrons. The van der Waals surface area contributed by atoms with Gasteiger partial charge >= 0.3 is 0 Å². The molecule has 0 unspecified atom stereocenters. The van der Waals surface area contributed by atoms with Crippen molar-refractivity contribution in [1.29, 1.82) is 5.26 Å². The summed E-state index contributed by atoms with van der Waals surface area (Å²) in [5, 5.41) is 8.45. The van der Waals surface area contributed by atoms with E-state index in [1.165, 1.54) is 0 Å². The number of nitriles is 1. The van der Waals surface area contributed by atoms with Gasteiger partial charge in [0, 0.05) is 13.1 Å². The number of nitrogens with zero attached hydrogens (tertiary/aromatic N) is 2. The standard InChI is InChI=1S/C12H14N2O/c1-2-14(12(15)8-9-13)10-11-6-4-3-5-7-11/h3-7H,2,8,10H2,1H3. The Bertz CT molecular complexity index is 354.